The Labute approximate surface area is 130 Å². The summed E-state index contributed by atoms with van der Waals surface area (Å²) in [5.41, 5.74) is 0.936. The molecule has 2 amide bonds. The highest BCUT2D eigenvalue weighted by Crippen LogP contribution is 2.09. The molecule has 0 spiro atoms. The highest BCUT2D eigenvalue weighted by atomic mass is 35.5. The zero-order valence-corrected chi connectivity index (χ0v) is 13.2. The van der Waals surface area contributed by atoms with Gasteiger partial charge in [-0.1, -0.05) is 37.6 Å². The third-order valence-corrected chi connectivity index (χ3v) is 3.13. The van der Waals surface area contributed by atoms with Crippen LogP contribution in [0.4, 0.5) is 4.79 Å². The van der Waals surface area contributed by atoms with Gasteiger partial charge in [-0.3, -0.25) is 4.79 Å². The number of amides is 2. The monoisotopic (exact) mass is 312 g/mol. The van der Waals surface area contributed by atoms with E-state index in [0.717, 1.165) is 5.56 Å². The van der Waals surface area contributed by atoms with Gasteiger partial charge in [-0.15, -0.1) is 0 Å². The molecular weight excluding hydrogens is 292 g/mol. The number of carbonyl (C=O) groups is 2. The SMILES string of the molecule is CCOC(=O)N[C@@H](C(=O)NCc1ccc(Cl)cc1)C(C)C. The van der Waals surface area contributed by atoms with Gasteiger partial charge < -0.3 is 15.4 Å². The van der Waals surface area contributed by atoms with E-state index in [1.807, 2.05) is 26.0 Å². The highest BCUT2D eigenvalue weighted by molar-refractivity contribution is 6.30. The summed E-state index contributed by atoms with van der Waals surface area (Å²) in [7, 11) is 0. The zero-order chi connectivity index (χ0) is 15.8. The number of carbonyl (C=O) groups excluding carboxylic acids is 2. The number of hydrogen-bond acceptors (Lipinski definition) is 3. The van der Waals surface area contributed by atoms with Crippen molar-refractivity contribution in [2.24, 2.45) is 5.92 Å². The fraction of sp³-hybridized carbons (Fsp3) is 0.467. The number of rotatable bonds is 6. The highest BCUT2D eigenvalue weighted by Gasteiger charge is 2.24. The van der Waals surface area contributed by atoms with Gasteiger partial charge in [0.2, 0.25) is 5.91 Å². The fourth-order valence-electron chi connectivity index (χ4n) is 1.74. The van der Waals surface area contributed by atoms with E-state index in [1.165, 1.54) is 0 Å². The summed E-state index contributed by atoms with van der Waals surface area (Å²) in [4.78, 5) is 23.6. The first-order valence-corrected chi connectivity index (χ1v) is 7.27. The Balaban J connectivity index is 2.56. The molecule has 0 bridgehead atoms. The van der Waals surface area contributed by atoms with Gasteiger partial charge in [-0.05, 0) is 30.5 Å². The second-order valence-corrected chi connectivity index (χ2v) is 5.37. The maximum Gasteiger partial charge on any atom is 0.407 e. The van der Waals surface area contributed by atoms with Crippen LogP contribution in [0.1, 0.15) is 26.3 Å². The summed E-state index contributed by atoms with van der Waals surface area (Å²) in [5.74, 6) is -0.285. The molecule has 1 aromatic carbocycles. The van der Waals surface area contributed by atoms with Gasteiger partial charge in [-0.2, -0.15) is 0 Å². The smallest absolute Gasteiger partial charge is 0.407 e. The predicted molar refractivity (Wildman–Crippen MR) is 82.1 cm³/mol. The van der Waals surface area contributed by atoms with Crippen molar-refractivity contribution in [3.8, 4) is 0 Å². The van der Waals surface area contributed by atoms with Crippen LogP contribution in [0.5, 0.6) is 0 Å². The van der Waals surface area contributed by atoms with Gasteiger partial charge in [-0.25, -0.2) is 4.79 Å². The van der Waals surface area contributed by atoms with Crippen molar-refractivity contribution in [3.63, 3.8) is 0 Å². The van der Waals surface area contributed by atoms with Crippen LogP contribution in [-0.4, -0.2) is 24.6 Å². The van der Waals surface area contributed by atoms with E-state index in [-0.39, 0.29) is 18.4 Å². The minimum Gasteiger partial charge on any atom is -0.450 e. The Morgan fingerprint density at radius 3 is 2.38 bits per heavy atom. The molecule has 6 heteroatoms. The van der Waals surface area contributed by atoms with Crippen LogP contribution >= 0.6 is 11.6 Å². The number of ether oxygens (including phenoxy) is 1. The molecule has 21 heavy (non-hydrogen) atoms. The number of alkyl carbamates (subject to hydrolysis) is 1. The summed E-state index contributed by atoms with van der Waals surface area (Å²) in [5, 5.41) is 6.01. The van der Waals surface area contributed by atoms with Gasteiger partial charge in [0.05, 0.1) is 6.61 Å². The standard InChI is InChI=1S/C15H21ClN2O3/c1-4-21-15(20)18-13(10(2)3)14(19)17-9-11-5-7-12(16)8-6-11/h5-8,10,13H,4,9H2,1-3H3,(H,17,19)(H,18,20)/t13-/m1/s1. The van der Waals surface area contributed by atoms with Crippen molar-refractivity contribution in [1.29, 1.82) is 0 Å². The number of hydrogen-bond donors (Lipinski definition) is 2. The van der Waals surface area contributed by atoms with Gasteiger partial charge in [0.1, 0.15) is 6.04 Å². The fourth-order valence-corrected chi connectivity index (χ4v) is 1.86. The third kappa shape index (κ3) is 6.04. The molecule has 0 radical (unpaired) electrons. The van der Waals surface area contributed by atoms with Crippen LogP contribution < -0.4 is 10.6 Å². The average Bonchev–Trinajstić information content (AvgIpc) is 2.44. The molecule has 2 N–H and O–H groups in total. The minimum absolute atomic E-state index is 0.0420. The summed E-state index contributed by atoms with van der Waals surface area (Å²) < 4.78 is 4.80. The largest absolute Gasteiger partial charge is 0.450 e. The minimum atomic E-state index is -0.628. The Morgan fingerprint density at radius 2 is 1.86 bits per heavy atom. The molecule has 5 nitrogen and oxygen atoms in total. The van der Waals surface area contributed by atoms with Crippen molar-refractivity contribution in [2.75, 3.05) is 6.61 Å². The van der Waals surface area contributed by atoms with Crippen molar-refractivity contribution in [2.45, 2.75) is 33.4 Å². The second kappa shape index (κ2) is 8.52. The van der Waals surface area contributed by atoms with E-state index < -0.39 is 12.1 Å². The third-order valence-electron chi connectivity index (χ3n) is 2.88. The van der Waals surface area contributed by atoms with Crippen molar-refractivity contribution in [3.05, 3.63) is 34.9 Å². The molecule has 116 valence electrons. The van der Waals surface area contributed by atoms with Crippen molar-refractivity contribution < 1.29 is 14.3 Å². The normalized spacial score (nSPS) is 11.9. The van der Waals surface area contributed by atoms with Gasteiger partial charge in [0, 0.05) is 11.6 Å². The van der Waals surface area contributed by atoms with Crippen molar-refractivity contribution in [1.82, 2.24) is 10.6 Å². The lowest BCUT2D eigenvalue weighted by molar-refractivity contribution is -0.124. The van der Waals surface area contributed by atoms with Crippen LogP contribution in [0.15, 0.2) is 24.3 Å². The molecule has 1 rings (SSSR count). The van der Waals surface area contributed by atoms with Gasteiger partial charge in [0.25, 0.3) is 0 Å². The van der Waals surface area contributed by atoms with Crippen LogP contribution in [-0.2, 0) is 16.1 Å². The lowest BCUT2D eigenvalue weighted by atomic mass is 10.0. The molecule has 0 aliphatic carbocycles. The Kier molecular flexibility index (Phi) is 7.02. The van der Waals surface area contributed by atoms with E-state index in [0.29, 0.717) is 11.6 Å². The maximum absolute atomic E-state index is 12.2. The van der Waals surface area contributed by atoms with E-state index in [1.54, 1.807) is 19.1 Å². The molecular formula is C15H21ClN2O3. The van der Waals surface area contributed by atoms with E-state index in [2.05, 4.69) is 10.6 Å². The topological polar surface area (TPSA) is 67.4 Å². The summed E-state index contributed by atoms with van der Waals surface area (Å²) in [6.45, 7) is 6.08. The molecule has 0 aromatic heterocycles. The Morgan fingerprint density at radius 1 is 1.24 bits per heavy atom. The van der Waals surface area contributed by atoms with Crippen molar-refractivity contribution >= 4 is 23.6 Å². The van der Waals surface area contributed by atoms with Crippen LogP contribution in [0, 0.1) is 5.92 Å². The lowest BCUT2D eigenvalue weighted by Crippen LogP contribution is -2.49. The van der Waals surface area contributed by atoms with Crippen LogP contribution in [0.3, 0.4) is 0 Å². The maximum atomic E-state index is 12.2. The van der Waals surface area contributed by atoms with Gasteiger partial charge in [0.15, 0.2) is 0 Å². The van der Waals surface area contributed by atoms with E-state index in [9.17, 15) is 9.59 Å². The molecule has 0 unspecified atom stereocenters. The molecule has 0 fully saturated rings. The second-order valence-electron chi connectivity index (χ2n) is 4.93. The molecule has 1 atom stereocenters. The molecule has 1 aromatic rings. The predicted octanol–water partition coefficient (Wildman–Crippen LogP) is 2.73. The first-order chi connectivity index (χ1) is 9.93. The first kappa shape index (κ1) is 17.3. The van der Waals surface area contributed by atoms with Crippen LogP contribution in [0.25, 0.3) is 0 Å². The summed E-state index contributed by atoms with van der Waals surface area (Å²) in [6, 6.07) is 6.58. The quantitative estimate of drug-likeness (QED) is 0.848. The Hall–Kier alpha value is -1.75. The average molecular weight is 313 g/mol. The number of benzene rings is 1. The Bertz CT molecular complexity index is 474. The van der Waals surface area contributed by atoms with E-state index in [4.69, 9.17) is 16.3 Å². The first-order valence-electron chi connectivity index (χ1n) is 6.89. The molecule has 0 saturated heterocycles. The lowest BCUT2D eigenvalue weighted by Gasteiger charge is -2.21. The molecule has 0 saturated carbocycles. The van der Waals surface area contributed by atoms with E-state index >= 15 is 0 Å². The molecule has 0 heterocycles. The number of halogens is 1. The molecule has 0 aliphatic heterocycles. The zero-order valence-electron chi connectivity index (χ0n) is 12.5. The summed E-state index contributed by atoms with van der Waals surface area (Å²) in [6.07, 6.45) is -0.585. The van der Waals surface area contributed by atoms with Gasteiger partial charge >= 0.3 is 6.09 Å². The molecule has 0 aliphatic rings. The number of nitrogens with one attached hydrogen (secondary N) is 2. The van der Waals surface area contributed by atoms with Crippen LogP contribution in [0.2, 0.25) is 5.02 Å². The summed E-state index contributed by atoms with van der Waals surface area (Å²) >= 11 is 5.80.